The van der Waals surface area contributed by atoms with E-state index in [0.29, 0.717) is 12.8 Å². The SMILES string of the molecule is C[C@]12C=CC(=O)C=C1CC[C@@H]1[C@H]2C(=O)C[C@@]2(C)[C@H]1CC[C@]2(Cl)S(=O)(=O)Cc1ccccc1. The maximum atomic E-state index is 13.7. The molecular weight excluding hydrogens is 444 g/mol. The zero-order valence-electron chi connectivity index (χ0n) is 18.5. The van der Waals surface area contributed by atoms with Crippen molar-refractivity contribution in [3.05, 3.63) is 59.7 Å². The number of alkyl halides is 1. The lowest BCUT2D eigenvalue weighted by atomic mass is 9.48. The van der Waals surface area contributed by atoms with Gasteiger partial charge in [0.15, 0.2) is 19.8 Å². The van der Waals surface area contributed by atoms with Gasteiger partial charge < -0.3 is 0 Å². The number of halogens is 1. The molecule has 0 saturated heterocycles. The molecular formula is C26H29ClO4S. The van der Waals surface area contributed by atoms with Crippen LogP contribution in [-0.2, 0) is 25.2 Å². The van der Waals surface area contributed by atoms with Gasteiger partial charge in [-0.1, -0.05) is 55.8 Å². The van der Waals surface area contributed by atoms with Crippen LogP contribution in [0.4, 0.5) is 0 Å². The molecule has 4 nitrogen and oxygen atoms in total. The lowest BCUT2D eigenvalue weighted by Gasteiger charge is -2.56. The highest BCUT2D eigenvalue weighted by atomic mass is 35.5. The average molecular weight is 473 g/mol. The fourth-order valence-electron chi connectivity index (χ4n) is 7.39. The predicted octanol–water partition coefficient (Wildman–Crippen LogP) is 5.02. The molecule has 0 aromatic heterocycles. The second-order valence-electron chi connectivity index (χ2n) is 10.5. The minimum absolute atomic E-state index is 0.0170. The summed E-state index contributed by atoms with van der Waals surface area (Å²) in [7, 11) is -3.71. The smallest absolute Gasteiger partial charge is 0.178 e. The summed E-state index contributed by atoms with van der Waals surface area (Å²) in [6.45, 7) is 4.00. The normalized spacial score (nSPS) is 41.0. The minimum atomic E-state index is -3.71. The van der Waals surface area contributed by atoms with E-state index in [-0.39, 0.29) is 41.5 Å². The molecule has 0 heterocycles. The van der Waals surface area contributed by atoms with Gasteiger partial charge in [-0.25, -0.2) is 8.42 Å². The highest BCUT2D eigenvalue weighted by Crippen LogP contribution is 2.68. The molecule has 0 amide bonds. The monoisotopic (exact) mass is 472 g/mol. The van der Waals surface area contributed by atoms with Crippen molar-refractivity contribution in [2.45, 2.75) is 55.9 Å². The molecule has 170 valence electrons. The quantitative estimate of drug-likeness (QED) is 0.579. The number of allylic oxidation sites excluding steroid dienone is 4. The van der Waals surface area contributed by atoms with Gasteiger partial charge in [0, 0.05) is 23.2 Å². The number of ketones is 2. The summed E-state index contributed by atoms with van der Waals surface area (Å²) in [4.78, 5) is 25.6. The maximum Gasteiger partial charge on any atom is 0.178 e. The van der Waals surface area contributed by atoms with Crippen LogP contribution in [0.3, 0.4) is 0 Å². The maximum absolute atomic E-state index is 13.7. The Morgan fingerprint density at radius 2 is 1.81 bits per heavy atom. The van der Waals surface area contributed by atoms with Crippen molar-refractivity contribution in [2.75, 3.05) is 0 Å². The molecule has 6 atom stereocenters. The molecule has 4 aliphatic carbocycles. The van der Waals surface area contributed by atoms with E-state index in [2.05, 4.69) is 6.92 Å². The summed E-state index contributed by atoms with van der Waals surface area (Å²) >= 11 is 7.10. The van der Waals surface area contributed by atoms with Crippen LogP contribution < -0.4 is 0 Å². The summed E-state index contributed by atoms with van der Waals surface area (Å²) in [6, 6.07) is 9.13. The number of hydrogen-bond donors (Lipinski definition) is 0. The Balaban J connectivity index is 1.52. The van der Waals surface area contributed by atoms with Crippen LogP contribution in [0.1, 0.15) is 51.5 Å². The van der Waals surface area contributed by atoms with E-state index in [0.717, 1.165) is 24.0 Å². The van der Waals surface area contributed by atoms with E-state index in [1.54, 1.807) is 24.3 Å². The Kier molecular flexibility index (Phi) is 4.93. The third-order valence-electron chi connectivity index (χ3n) is 8.97. The van der Waals surface area contributed by atoms with E-state index in [9.17, 15) is 18.0 Å². The molecule has 1 aromatic carbocycles. The third-order valence-corrected chi connectivity index (χ3v) is 12.7. The van der Waals surface area contributed by atoms with Crippen LogP contribution in [-0.4, -0.2) is 24.2 Å². The first-order chi connectivity index (χ1) is 15.0. The number of hydrogen-bond acceptors (Lipinski definition) is 4. The number of carbonyl (C=O) groups excluding carboxylic acids is 2. The zero-order chi connectivity index (χ0) is 22.9. The summed E-state index contributed by atoms with van der Waals surface area (Å²) < 4.78 is 25.9. The topological polar surface area (TPSA) is 68.3 Å². The Labute approximate surface area is 195 Å². The van der Waals surface area contributed by atoms with Crippen molar-refractivity contribution in [3.63, 3.8) is 0 Å². The molecule has 3 fully saturated rings. The van der Waals surface area contributed by atoms with Crippen LogP contribution in [0.2, 0.25) is 0 Å². The number of fused-ring (bicyclic) bond motifs is 5. The lowest BCUT2D eigenvalue weighted by Crippen LogP contribution is -2.58. The Hall–Kier alpha value is -1.72. The lowest BCUT2D eigenvalue weighted by molar-refractivity contribution is -0.141. The minimum Gasteiger partial charge on any atom is -0.299 e. The largest absolute Gasteiger partial charge is 0.299 e. The molecule has 3 saturated carbocycles. The fraction of sp³-hybridized carbons (Fsp3) is 0.538. The van der Waals surface area contributed by atoms with E-state index in [1.165, 1.54) is 0 Å². The molecule has 32 heavy (non-hydrogen) atoms. The van der Waals surface area contributed by atoms with Gasteiger partial charge >= 0.3 is 0 Å². The molecule has 0 aliphatic heterocycles. The number of benzene rings is 1. The van der Waals surface area contributed by atoms with Crippen molar-refractivity contribution in [1.82, 2.24) is 0 Å². The van der Waals surface area contributed by atoms with Crippen LogP contribution in [0, 0.1) is 28.6 Å². The van der Waals surface area contributed by atoms with Gasteiger partial charge in [0.05, 0.1) is 5.75 Å². The number of carbonyl (C=O) groups is 2. The molecule has 1 aromatic rings. The van der Waals surface area contributed by atoms with Crippen LogP contribution >= 0.6 is 11.6 Å². The molecule has 0 spiro atoms. The Bertz CT molecular complexity index is 1150. The van der Waals surface area contributed by atoms with E-state index in [4.69, 9.17) is 11.6 Å². The van der Waals surface area contributed by atoms with Gasteiger partial charge in [0.2, 0.25) is 0 Å². The first kappa shape index (κ1) is 22.1. The number of sulfone groups is 1. The first-order valence-corrected chi connectivity index (χ1v) is 13.5. The Morgan fingerprint density at radius 3 is 2.53 bits per heavy atom. The molecule has 0 radical (unpaired) electrons. The van der Waals surface area contributed by atoms with Crippen molar-refractivity contribution in [1.29, 1.82) is 0 Å². The molecule has 6 heteroatoms. The van der Waals surface area contributed by atoms with Gasteiger partial charge in [-0.05, 0) is 55.2 Å². The van der Waals surface area contributed by atoms with Crippen LogP contribution in [0.5, 0.6) is 0 Å². The van der Waals surface area contributed by atoms with Gasteiger partial charge in [-0.3, -0.25) is 9.59 Å². The molecule has 0 N–H and O–H groups in total. The van der Waals surface area contributed by atoms with E-state index >= 15 is 0 Å². The fourth-order valence-corrected chi connectivity index (χ4v) is 10.1. The standard InChI is InChI=1S/C26H29ClO4S/c1-24-12-10-19(28)14-18(24)8-9-20-21-11-13-26(27,25(21,2)15-22(29)23(20)24)32(30,31)16-17-6-4-3-5-7-17/h3-7,10,12,14,20-21,23H,8-9,11,13,15-16H2,1-2H3/t20-,21-,23-,24-,25-,26-/m0/s1. The van der Waals surface area contributed by atoms with Gasteiger partial charge in [-0.2, -0.15) is 0 Å². The summed E-state index contributed by atoms with van der Waals surface area (Å²) in [5.41, 5.74) is 0.494. The van der Waals surface area contributed by atoms with Crippen molar-refractivity contribution in [3.8, 4) is 0 Å². The molecule has 5 rings (SSSR count). The average Bonchev–Trinajstić information content (AvgIpc) is 3.01. The van der Waals surface area contributed by atoms with Crippen LogP contribution in [0.25, 0.3) is 0 Å². The summed E-state index contributed by atoms with van der Waals surface area (Å²) in [6.07, 6.45) is 8.00. The highest BCUT2D eigenvalue weighted by molar-refractivity contribution is 7.93. The van der Waals surface area contributed by atoms with E-state index < -0.39 is 24.9 Å². The summed E-state index contributed by atoms with van der Waals surface area (Å²) in [5, 5.41) is 0. The predicted molar refractivity (Wildman–Crippen MR) is 125 cm³/mol. The highest BCUT2D eigenvalue weighted by Gasteiger charge is 2.69. The Morgan fingerprint density at radius 1 is 1.09 bits per heavy atom. The second kappa shape index (κ2) is 7.14. The van der Waals surface area contributed by atoms with Crippen molar-refractivity contribution < 1.29 is 18.0 Å². The molecule has 0 unspecified atom stereocenters. The summed E-state index contributed by atoms with van der Waals surface area (Å²) in [5.74, 6) is -0.122. The van der Waals surface area contributed by atoms with E-state index in [1.807, 2.05) is 31.2 Å². The number of Topliss-reactive ketones (excluding diaryl/α,β-unsaturated/α-hetero) is 1. The van der Waals surface area contributed by atoms with Gasteiger partial charge in [0.1, 0.15) is 5.78 Å². The zero-order valence-corrected chi connectivity index (χ0v) is 20.1. The second-order valence-corrected chi connectivity index (χ2v) is 13.6. The van der Waals surface area contributed by atoms with Crippen molar-refractivity contribution in [2.24, 2.45) is 28.6 Å². The third kappa shape index (κ3) is 2.89. The number of rotatable bonds is 3. The van der Waals surface area contributed by atoms with Crippen molar-refractivity contribution >= 4 is 33.0 Å². The van der Waals surface area contributed by atoms with Gasteiger partial charge in [0.25, 0.3) is 0 Å². The van der Waals surface area contributed by atoms with Crippen LogP contribution in [0.15, 0.2) is 54.1 Å². The molecule has 0 bridgehead atoms. The van der Waals surface area contributed by atoms with Gasteiger partial charge in [-0.15, -0.1) is 11.6 Å². The molecule has 4 aliphatic rings. The first-order valence-electron chi connectivity index (χ1n) is 11.4.